The van der Waals surface area contributed by atoms with Crippen molar-refractivity contribution >= 4 is 0 Å². The minimum Gasteiger partial charge on any atom is -0.492 e. The van der Waals surface area contributed by atoms with Crippen LogP contribution in [0.5, 0.6) is 5.75 Å². The molecule has 20 heavy (non-hydrogen) atoms. The maximum absolute atomic E-state index is 5.71. The zero-order valence-corrected chi connectivity index (χ0v) is 12.1. The largest absolute Gasteiger partial charge is 0.492 e. The van der Waals surface area contributed by atoms with Gasteiger partial charge in [0.2, 0.25) is 0 Å². The lowest BCUT2D eigenvalue weighted by atomic mass is 10.1. The van der Waals surface area contributed by atoms with Crippen molar-refractivity contribution in [3.8, 4) is 5.75 Å². The first-order valence-corrected chi connectivity index (χ1v) is 7.35. The summed E-state index contributed by atoms with van der Waals surface area (Å²) in [4.78, 5) is 0. The Morgan fingerprint density at radius 3 is 2.35 bits per heavy atom. The second-order valence-corrected chi connectivity index (χ2v) is 4.90. The highest BCUT2D eigenvalue weighted by molar-refractivity contribution is 5.27. The SMILES string of the molecule is CCCc1ccc(OCCNCc2ccccc2)cc1. The summed E-state index contributed by atoms with van der Waals surface area (Å²) in [7, 11) is 0. The smallest absolute Gasteiger partial charge is 0.119 e. The minimum atomic E-state index is 0.694. The van der Waals surface area contributed by atoms with E-state index in [-0.39, 0.29) is 0 Å². The molecule has 0 aliphatic heterocycles. The fourth-order valence-electron chi connectivity index (χ4n) is 2.11. The first kappa shape index (κ1) is 14.6. The second kappa shape index (κ2) is 8.39. The summed E-state index contributed by atoms with van der Waals surface area (Å²) in [5.41, 5.74) is 2.68. The number of aryl methyl sites for hydroxylation is 1. The maximum Gasteiger partial charge on any atom is 0.119 e. The fraction of sp³-hybridized carbons (Fsp3) is 0.333. The normalized spacial score (nSPS) is 10.4. The molecule has 0 aliphatic carbocycles. The monoisotopic (exact) mass is 269 g/mol. The number of hydrogen-bond donors (Lipinski definition) is 1. The molecule has 2 aromatic rings. The lowest BCUT2D eigenvalue weighted by Crippen LogP contribution is -2.20. The fourth-order valence-corrected chi connectivity index (χ4v) is 2.11. The quantitative estimate of drug-likeness (QED) is 0.736. The number of rotatable bonds is 8. The van der Waals surface area contributed by atoms with Gasteiger partial charge in [0.05, 0.1) is 0 Å². The van der Waals surface area contributed by atoms with E-state index in [4.69, 9.17) is 4.74 Å². The lowest BCUT2D eigenvalue weighted by Gasteiger charge is -2.08. The highest BCUT2D eigenvalue weighted by Crippen LogP contribution is 2.13. The molecule has 106 valence electrons. The van der Waals surface area contributed by atoms with E-state index in [2.05, 4.69) is 60.8 Å². The molecule has 0 heterocycles. The Morgan fingerprint density at radius 2 is 1.65 bits per heavy atom. The van der Waals surface area contributed by atoms with Crippen LogP contribution in [0.15, 0.2) is 54.6 Å². The van der Waals surface area contributed by atoms with E-state index in [1.165, 1.54) is 17.5 Å². The molecule has 2 heteroatoms. The Morgan fingerprint density at radius 1 is 0.900 bits per heavy atom. The molecule has 0 bridgehead atoms. The molecule has 0 amide bonds. The Kier molecular flexibility index (Phi) is 6.12. The van der Waals surface area contributed by atoms with Crippen molar-refractivity contribution in [1.29, 1.82) is 0 Å². The van der Waals surface area contributed by atoms with E-state index >= 15 is 0 Å². The Hall–Kier alpha value is -1.80. The first-order chi connectivity index (χ1) is 9.88. The van der Waals surface area contributed by atoms with E-state index in [9.17, 15) is 0 Å². The lowest BCUT2D eigenvalue weighted by molar-refractivity contribution is 0.313. The van der Waals surface area contributed by atoms with Crippen LogP contribution in [0.1, 0.15) is 24.5 Å². The van der Waals surface area contributed by atoms with Gasteiger partial charge in [-0.3, -0.25) is 0 Å². The zero-order valence-electron chi connectivity index (χ0n) is 12.1. The van der Waals surface area contributed by atoms with Crippen molar-refractivity contribution in [2.24, 2.45) is 0 Å². The van der Waals surface area contributed by atoms with Gasteiger partial charge in [-0.25, -0.2) is 0 Å². The summed E-state index contributed by atoms with van der Waals surface area (Å²) in [6.07, 6.45) is 2.32. The van der Waals surface area contributed by atoms with Gasteiger partial charge in [0.25, 0.3) is 0 Å². The van der Waals surface area contributed by atoms with E-state index in [1.807, 2.05) is 6.07 Å². The van der Waals surface area contributed by atoms with Gasteiger partial charge in [0.15, 0.2) is 0 Å². The molecule has 0 radical (unpaired) electrons. The van der Waals surface area contributed by atoms with Crippen molar-refractivity contribution in [2.75, 3.05) is 13.2 Å². The van der Waals surface area contributed by atoms with Crippen molar-refractivity contribution in [1.82, 2.24) is 5.32 Å². The third-order valence-electron chi connectivity index (χ3n) is 3.18. The average molecular weight is 269 g/mol. The van der Waals surface area contributed by atoms with Crippen LogP contribution in [0.3, 0.4) is 0 Å². The zero-order chi connectivity index (χ0) is 14.0. The summed E-state index contributed by atoms with van der Waals surface area (Å²) < 4.78 is 5.71. The van der Waals surface area contributed by atoms with Gasteiger partial charge in [0, 0.05) is 13.1 Å². The topological polar surface area (TPSA) is 21.3 Å². The summed E-state index contributed by atoms with van der Waals surface area (Å²) >= 11 is 0. The molecule has 0 aromatic heterocycles. The van der Waals surface area contributed by atoms with Crippen LogP contribution >= 0.6 is 0 Å². The molecular weight excluding hydrogens is 246 g/mol. The molecule has 0 fully saturated rings. The predicted octanol–water partition coefficient (Wildman–Crippen LogP) is 3.81. The summed E-state index contributed by atoms with van der Waals surface area (Å²) in [5, 5.41) is 3.38. The van der Waals surface area contributed by atoms with Crippen molar-refractivity contribution in [3.05, 3.63) is 65.7 Å². The standard InChI is InChI=1S/C18H23NO/c1-2-6-16-9-11-18(12-10-16)20-14-13-19-15-17-7-4-3-5-8-17/h3-5,7-12,19H,2,6,13-15H2,1H3. The van der Waals surface area contributed by atoms with Gasteiger partial charge in [-0.05, 0) is 29.7 Å². The van der Waals surface area contributed by atoms with Gasteiger partial charge in [-0.2, -0.15) is 0 Å². The average Bonchev–Trinajstić information content (AvgIpc) is 2.50. The number of nitrogens with one attached hydrogen (secondary N) is 1. The first-order valence-electron chi connectivity index (χ1n) is 7.35. The highest BCUT2D eigenvalue weighted by atomic mass is 16.5. The van der Waals surface area contributed by atoms with Gasteiger partial charge < -0.3 is 10.1 Å². The van der Waals surface area contributed by atoms with Gasteiger partial charge >= 0.3 is 0 Å². The van der Waals surface area contributed by atoms with Crippen LogP contribution in [-0.4, -0.2) is 13.2 Å². The van der Waals surface area contributed by atoms with Crippen molar-refractivity contribution in [3.63, 3.8) is 0 Å². The number of hydrogen-bond acceptors (Lipinski definition) is 2. The molecule has 0 spiro atoms. The Balaban J connectivity index is 1.63. The van der Waals surface area contributed by atoms with Gasteiger partial charge in [-0.15, -0.1) is 0 Å². The van der Waals surface area contributed by atoms with Crippen LogP contribution in [-0.2, 0) is 13.0 Å². The third-order valence-corrected chi connectivity index (χ3v) is 3.18. The van der Waals surface area contributed by atoms with Crippen LogP contribution in [0.4, 0.5) is 0 Å². The number of ether oxygens (including phenoxy) is 1. The van der Waals surface area contributed by atoms with E-state index in [0.29, 0.717) is 6.61 Å². The molecule has 2 nitrogen and oxygen atoms in total. The van der Waals surface area contributed by atoms with Gasteiger partial charge in [0.1, 0.15) is 12.4 Å². The summed E-state index contributed by atoms with van der Waals surface area (Å²) in [6, 6.07) is 18.8. The molecule has 0 aliphatic rings. The second-order valence-electron chi connectivity index (χ2n) is 4.90. The van der Waals surface area contributed by atoms with Crippen LogP contribution in [0.2, 0.25) is 0 Å². The predicted molar refractivity (Wildman–Crippen MR) is 84.1 cm³/mol. The van der Waals surface area contributed by atoms with Gasteiger partial charge in [-0.1, -0.05) is 55.8 Å². The summed E-state index contributed by atoms with van der Waals surface area (Å²) in [6.45, 7) is 4.63. The maximum atomic E-state index is 5.71. The van der Waals surface area contributed by atoms with E-state index < -0.39 is 0 Å². The third kappa shape index (κ3) is 5.06. The van der Waals surface area contributed by atoms with E-state index in [1.54, 1.807) is 0 Å². The van der Waals surface area contributed by atoms with Crippen molar-refractivity contribution in [2.45, 2.75) is 26.3 Å². The number of benzene rings is 2. The Labute approximate surface area is 121 Å². The molecule has 0 saturated carbocycles. The molecular formula is C18H23NO. The van der Waals surface area contributed by atoms with Crippen LogP contribution in [0.25, 0.3) is 0 Å². The minimum absolute atomic E-state index is 0.694. The molecule has 0 atom stereocenters. The molecule has 2 aromatic carbocycles. The molecule has 1 N–H and O–H groups in total. The molecule has 0 saturated heterocycles. The van der Waals surface area contributed by atoms with Crippen molar-refractivity contribution < 1.29 is 4.74 Å². The molecule has 0 unspecified atom stereocenters. The molecule has 2 rings (SSSR count). The Bertz CT molecular complexity index is 479. The van der Waals surface area contributed by atoms with E-state index in [0.717, 1.165) is 25.3 Å². The summed E-state index contributed by atoms with van der Waals surface area (Å²) in [5.74, 6) is 0.950. The van der Waals surface area contributed by atoms with Crippen LogP contribution < -0.4 is 10.1 Å². The highest BCUT2D eigenvalue weighted by Gasteiger charge is 1.95. The van der Waals surface area contributed by atoms with Crippen LogP contribution in [0, 0.1) is 0 Å².